The molecule has 3 atom stereocenters. The predicted molar refractivity (Wildman–Crippen MR) is 343 cm³/mol. The molecule has 28 nitrogen and oxygen atoms in total. The molecule has 6 aromatic rings. The fourth-order valence-corrected chi connectivity index (χ4v) is 10.7. The molecular weight excluding hydrogens is 1240 g/mol. The van der Waals surface area contributed by atoms with Crippen LogP contribution in [-0.4, -0.2) is 192 Å². The molecule has 0 spiro atoms. The van der Waals surface area contributed by atoms with Crippen molar-refractivity contribution in [2.75, 3.05) is 107 Å². The number of urea groups is 1. The summed E-state index contributed by atoms with van der Waals surface area (Å²) in [6.45, 7) is 3.03. The van der Waals surface area contributed by atoms with E-state index in [9.17, 15) is 58.2 Å². The van der Waals surface area contributed by atoms with E-state index in [1.807, 2.05) is 12.1 Å². The molecule has 0 bridgehead atoms. The zero-order valence-corrected chi connectivity index (χ0v) is 52.7. The molecule has 0 saturated heterocycles. The maximum atomic E-state index is 14.5. The van der Waals surface area contributed by atoms with Gasteiger partial charge in [0.25, 0.3) is 23.6 Å². The van der Waals surface area contributed by atoms with Crippen LogP contribution >= 0.6 is 11.6 Å². The van der Waals surface area contributed by atoms with Gasteiger partial charge in [-0.25, -0.2) is 24.2 Å². The van der Waals surface area contributed by atoms with Crippen molar-refractivity contribution in [2.24, 2.45) is 17.6 Å². The monoisotopic (exact) mass is 1320 g/mol. The number of imidazole rings is 1. The van der Waals surface area contributed by atoms with E-state index in [0.717, 1.165) is 22.6 Å². The number of alkyl halides is 1. The van der Waals surface area contributed by atoms with Gasteiger partial charge in [0.05, 0.1) is 57.0 Å². The van der Waals surface area contributed by atoms with Crippen molar-refractivity contribution in [1.29, 1.82) is 0 Å². The number of likely N-dealkylation sites (N-methyl/N-ethyl adjacent to an activating group) is 1. The first kappa shape index (κ1) is 69.7. The van der Waals surface area contributed by atoms with Gasteiger partial charge in [-0.3, -0.25) is 33.7 Å². The Labute approximate surface area is 545 Å². The molecule has 0 fully saturated rings. The maximum Gasteiger partial charge on any atom is 0.415 e. The standard InChI is InChI=1S/C65H74ClN11O17/c1-40(2)58(72-63(87)92-32-31-91-29-26-76-55(81)20-21-56(76)82)52(80)33-43(7-6-22-68-62(67)86)60(84)69-45-14-10-41(11-15-45)39-93-64(88)73(3)23-24-74(25-28-90-30-27-78)65(89)94-53-34-51-57(49-9-5-4-8-48(49)53)44(35-66)36-77(51)61(85)50-38-75-37-46(16-19-54(75)71-50)70-59(83)42-12-17-47(79)18-13-42/h4-5,8-21,34,37-38,40,43-44,58,78-79H,6-7,22-33,35-36,39H2,1-3H3,(H,69,84)(H,70,83)(H,72,87)(H3,67,68,86)/t43-,44-,58+/m1/s1. The quantitative estimate of drug-likeness (QED) is 0.0141. The number of carbonyl (C=O) groups is 10. The summed E-state index contributed by atoms with van der Waals surface area (Å²) < 4.78 is 29.5. The van der Waals surface area contributed by atoms with Crippen molar-refractivity contribution in [3.63, 3.8) is 0 Å². The molecule has 8 rings (SSSR count). The zero-order chi connectivity index (χ0) is 67.4. The molecule has 94 heavy (non-hydrogen) atoms. The number of primary amides is 1. The van der Waals surface area contributed by atoms with Gasteiger partial charge in [-0.15, -0.1) is 11.6 Å². The number of pyridine rings is 1. The van der Waals surface area contributed by atoms with Gasteiger partial charge in [0.1, 0.15) is 36.1 Å². The zero-order valence-electron chi connectivity index (χ0n) is 52.0. The van der Waals surface area contributed by atoms with Gasteiger partial charge >= 0.3 is 24.3 Å². The van der Waals surface area contributed by atoms with Crippen molar-refractivity contribution in [3.05, 3.63) is 138 Å². The van der Waals surface area contributed by atoms with Crippen LogP contribution in [0.3, 0.4) is 0 Å². The third-order valence-corrected chi connectivity index (χ3v) is 15.7. The minimum atomic E-state index is -1.04. The third-order valence-electron chi connectivity index (χ3n) is 15.4. The summed E-state index contributed by atoms with van der Waals surface area (Å²) in [5.74, 6) is -4.05. The number of nitrogens with one attached hydrogen (secondary N) is 4. The number of halogens is 1. The average molecular weight is 1320 g/mol. The van der Waals surface area contributed by atoms with Crippen molar-refractivity contribution in [3.8, 4) is 11.5 Å². The number of benzene rings is 4. The van der Waals surface area contributed by atoms with Gasteiger partial charge in [0.15, 0.2) is 5.78 Å². The van der Waals surface area contributed by atoms with Crippen LogP contribution in [0, 0.1) is 11.8 Å². The largest absolute Gasteiger partial charge is 0.508 e. The number of ketones is 1. The lowest BCUT2D eigenvalue weighted by molar-refractivity contribution is -0.137. The van der Waals surface area contributed by atoms with Gasteiger partial charge in [0, 0.05) is 111 Å². The Balaban J connectivity index is 0.858. The molecule has 2 aromatic heterocycles. The van der Waals surface area contributed by atoms with Gasteiger partial charge in [-0.2, -0.15) is 0 Å². The summed E-state index contributed by atoms with van der Waals surface area (Å²) in [5, 5.41) is 31.0. The van der Waals surface area contributed by atoms with Crippen molar-refractivity contribution in [2.45, 2.75) is 51.7 Å². The van der Waals surface area contributed by atoms with Crippen LogP contribution in [-0.2, 0) is 44.7 Å². The molecule has 8 N–H and O–H groups in total. The molecule has 4 aromatic carbocycles. The van der Waals surface area contributed by atoms with E-state index in [0.29, 0.717) is 44.6 Å². The van der Waals surface area contributed by atoms with E-state index in [2.05, 4.69) is 26.3 Å². The summed E-state index contributed by atoms with van der Waals surface area (Å²) in [4.78, 5) is 140. The number of aromatic nitrogens is 2. The van der Waals surface area contributed by atoms with Gasteiger partial charge < -0.3 is 80.0 Å². The number of Topliss-reactive ketones (excluding diaryl/α,β-unsaturated/α-hetero) is 1. The number of nitrogens with zero attached hydrogens (tertiary/aromatic N) is 6. The fourth-order valence-electron chi connectivity index (χ4n) is 10.4. The number of nitrogens with two attached hydrogens (primary N) is 1. The molecule has 29 heteroatoms. The molecule has 2 aliphatic rings. The number of carbonyl (C=O) groups excluding carboxylic acids is 10. The van der Waals surface area contributed by atoms with E-state index in [4.69, 9.17) is 41.0 Å². The molecular formula is C65H74ClN11O17. The summed E-state index contributed by atoms with van der Waals surface area (Å²) in [6, 6.07) is 22.6. The van der Waals surface area contributed by atoms with Crippen LogP contribution < -0.4 is 36.6 Å². The lowest BCUT2D eigenvalue weighted by Crippen LogP contribution is -2.46. The number of ether oxygens (including phenoxy) is 5. The van der Waals surface area contributed by atoms with Crippen LogP contribution in [0.25, 0.3) is 16.4 Å². The number of aromatic hydroxyl groups is 1. The predicted octanol–water partition coefficient (Wildman–Crippen LogP) is 6.16. The van der Waals surface area contributed by atoms with Crippen molar-refractivity contribution >= 4 is 105 Å². The Bertz CT molecular complexity index is 3750. The number of imide groups is 1. The summed E-state index contributed by atoms with van der Waals surface area (Å²) in [7, 11) is 1.49. The van der Waals surface area contributed by atoms with E-state index < -0.39 is 77.5 Å². The SMILES string of the molecule is CC(C)[C@H](NC(=O)OCCOCCN1C(=O)C=CC1=O)C(=O)C[C@@H](CCCNC(N)=O)C(=O)Nc1ccc(COC(=O)N(C)CCN(CCOCCO)C(=O)Oc2cc3c(c4ccccc24)[C@H](CCl)CN3C(=O)c2cn3cc(NC(=O)c4ccc(O)cc4)ccc3n2)cc1. The number of hydrogen-bond acceptors (Lipinski definition) is 18. The number of alkyl carbamates (subject to hydrolysis) is 1. The van der Waals surface area contributed by atoms with Crippen LogP contribution in [0.15, 0.2) is 116 Å². The number of phenolic OH excluding ortho intramolecular Hbond substituents is 1. The lowest BCUT2D eigenvalue weighted by atomic mass is 9.89. The van der Waals surface area contributed by atoms with Crippen molar-refractivity contribution in [1.82, 2.24) is 34.7 Å². The molecule has 4 heterocycles. The van der Waals surface area contributed by atoms with Crippen LogP contribution in [0.1, 0.15) is 71.0 Å². The normalized spacial score (nSPS) is 14.0. The Morgan fingerprint density at radius 3 is 2.21 bits per heavy atom. The number of amides is 10. The molecule has 0 aliphatic carbocycles. The second-order valence-electron chi connectivity index (χ2n) is 22.4. The summed E-state index contributed by atoms with van der Waals surface area (Å²) in [6.07, 6.45) is 3.20. The number of fused-ring (bicyclic) bond motifs is 4. The first-order chi connectivity index (χ1) is 45.2. The van der Waals surface area contributed by atoms with Gasteiger partial charge in [-0.1, -0.05) is 50.2 Å². The molecule has 2 aliphatic heterocycles. The first-order valence-electron chi connectivity index (χ1n) is 30.3. The Morgan fingerprint density at radius 2 is 1.51 bits per heavy atom. The number of aliphatic hydroxyl groups excluding tert-OH is 1. The van der Waals surface area contributed by atoms with E-state index in [-0.39, 0.29) is 134 Å². The van der Waals surface area contributed by atoms with Gasteiger partial charge in [0.2, 0.25) is 5.91 Å². The van der Waals surface area contributed by atoms with Crippen molar-refractivity contribution < 1.29 is 81.8 Å². The first-order valence-corrected chi connectivity index (χ1v) is 30.8. The Kier molecular flexibility index (Phi) is 24.8. The highest BCUT2D eigenvalue weighted by atomic mass is 35.5. The van der Waals surface area contributed by atoms with Gasteiger partial charge in [-0.05, 0) is 83.8 Å². The Morgan fingerprint density at radius 1 is 0.798 bits per heavy atom. The highest BCUT2D eigenvalue weighted by Gasteiger charge is 2.37. The molecule has 10 amide bonds. The van der Waals surface area contributed by atoms with E-state index >= 15 is 0 Å². The minimum absolute atomic E-state index is 0.00349. The number of hydrogen-bond donors (Lipinski definition) is 7. The summed E-state index contributed by atoms with van der Waals surface area (Å²) >= 11 is 6.60. The van der Waals surface area contributed by atoms with Crippen LogP contribution in [0.4, 0.5) is 36.2 Å². The highest BCUT2D eigenvalue weighted by Crippen LogP contribution is 2.46. The molecule has 0 radical (unpaired) electrons. The number of anilines is 3. The van der Waals surface area contributed by atoms with E-state index in [1.165, 1.54) is 41.1 Å². The minimum Gasteiger partial charge on any atom is -0.508 e. The number of rotatable bonds is 32. The topological polar surface area (TPSA) is 362 Å². The smallest absolute Gasteiger partial charge is 0.415 e. The second-order valence-corrected chi connectivity index (χ2v) is 22.7. The Hall–Kier alpha value is -10.2. The maximum absolute atomic E-state index is 14.5. The van der Waals surface area contributed by atoms with Crippen LogP contribution in [0.5, 0.6) is 11.5 Å². The highest BCUT2D eigenvalue weighted by molar-refractivity contribution is 6.19. The van der Waals surface area contributed by atoms with Crippen LogP contribution in [0.2, 0.25) is 0 Å². The lowest BCUT2D eigenvalue weighted by Gasteiger charge is -2.25. The number of phenols is 1. The molecule has 498 valence electrons. The summed E-state index contributed by atoms with van der Waals surface area (Å²) in [5.41, 5.74) is 8.65. The molecule has 0 saturated carbocycles. The van der Waals surface area contributed by atoms with E-state index in [1.54, 1.807) is 90.1 Å². The molecule has 0 unspecified atom stereocenters. The third kappa shape index (κ3) is 18.8. The second kappa shape index (κ2) is 33.4. The average Bonchev–Trinajstić information content (AvgIpc) is 1.56. The number of aliphatic hydroxyl groups is 1. The fraction of sp³-hybridized carbons (Fsp3) is 0.369.